The number of halogens is 1. The van der Waals surface area contributed by atoms with Gasteiger partial charge in [-0.05, 0) is 28.4 Å². The van der Waals surface area contributed by atoms with Gasteiger partial charge in [-0.25, -0.2) is 0 Å². The molecule has 0 saturated heterocycles. The van der Waals surface area contributed by atoms with Crippen molar-refractivity contribution in [2.24, 2.45) is 0 Å². The van der Waals surface area contributed by atoms with Crippen LogP contribution in [0.1, 0.15) is 19.0 Å². The van der Waals surface area contributed by atoms with Gasteiger partial charge < -0.3 is 5.73 Å². The maximum Gasteiger partial charge on any atom is 0.0645 e. The van der Waals surface area contributed by atoms with Gasteiger partial charge in [0.1, 0.15) is 0 Å². The summed E-state index contributed by atoms with van der Waals surface area (Å²) >= 11 is 3.35. The van der Waals surface area contributed by atoms with Gasteiger partial charge in [-0.3, -0.25) is 4.98 Å². The molecular formula is C8H11BrN2. The molecule has 1 heterocycles. The molecule has 0 aliphatic rings. The lowest BCUT2D eigenvalue weighted by molar-refractivity contribution is 0.882. The lowest BCUT2D eigenvalue weighted by Crippen LogP contribution is -1.93. The van der Waals surface area contributed by atoms with Crippen LogP contribution in [0, 0.1) is 0 Å². The molecular weight excluding hydrogens is 204 g/mol. The van der Waals surface area contributed by atoms with Gasteiger partial charge in [0.05, 0.1) is 11.9 Å². The van der Waals surface area contributed by atoms with Crippen molar-refractivity contribution >= 4 is 21.6 Å². The SMILES string of the molecule is CCCc1cc(Br)c(N)cn1. The first-order valence-corrected chi connectivity index (χ1v) is 4.43. The van der Waals surface area contributed by atoms with Crippen LogP contribution in [-0.2, 0) is 6.42 Å². The van der Waals surface area contributed by atoms with E-state index in [2.05, 4.69) is 27.8 Å². The molecule has 11 heavy (non-hydrogen) atoms. The third-order valence-corrected chi connectivity index (χ3v) is 2.13. The molecule has 1 aromatic heterocycles. The van der Waals surface area contributed by atoms with E-state index in [4.69, 9.17) is 5.73 Å². The number of aryl methyl sites for hydroxylation is 1. The summed E-state index contributed by atoms with van der Waals surface area (Å²) in [4.78, 5) is 4.17. The first kappa shape index (κ1) is 8.53. The van der Waals surface area contributed by atoms with E-state index in [1.54, 1.807) is 6.20 Å². The summed E-state index contributed by atoms with van der Waals surface area (Å²) in [5.74, 6) is 0. The minimum absolute atomic E-state index is 0.699. The number of hydrogen-bond donors (Lipinski definition) is 1. The zero-order chi connectivity index (χ0) is 8.27. The van der Waals surface area contributed by atoms with Crippen LogP contribution in [0.5, 0.6) is 0 Å². The van der Waals surface area contributed by atoms with Gasteiger partial charge in [-0.15, -0.1) is 0 Å². The van der Waals surface area contributed by atoms with Crippen molar-refractivity contribution in [3.05, 3.63) is 22.4 Å². The number of aromatic nitrogens is 1. The number of nitrogen functional groups attached to an aromatic ring is 1. The van der Waals surface area contributed by atoms with Crippen LogP contribution in [0.2, 0.25) is 0 Å². The van der Waals surface area contributed by atoms with Crippen LogP contribution in [0.15, 0.2) is 16.7 Å². The van der Waals surface area contributed by atoms with Gasteiger partial charge in [0.15, 0.2) is 0 Å². The monoisotopic (exact) mass is 214 g/mol. The smallest absolute Gasteiger partial charge is 0.0645 e. The number of nitrogens with two attached hydrogens (primary N) is 1. The Hall–Kier alpha value is -0.570. The molecule has 3 heteroatoms. The van der Waals surface area contributed by atoms with Gasteiger partial charge >= 0.3 is 0 Å². The molecule has 0 aromatic carbocycles. The molecule has 0 aliphatic heterocycles. The quantitative estimate of drug-likeness (QED) is 0.822. The van der Waals surface area contributed by atoms with E-state index in [-0.39, 0.29) is 0 Å². The molecule has 0 atom stereocenters. The van der Waals surface area contributed by atoms with Gasteiger partial charge in [0, 0.05) is 10.2 Å². The number of hydrogen-bond acceptors (Lipinski definition) is 2. The topological polar surface area (TPSA) is 38.9 Å². The molecule has 0 bridgehead atoms. The summed E-state index contributed by atoms with van der Waals surface area (Å²) in [5, 5.41) is 0. The van der Waals surface area contributed by atoms with Crippen molar-refractivity contribution in [3.8, 4) is 0 Å². The summed E-state index contributed by atoms with van der Waals surface area (Å²) < 4.78 is 0.941. The first-order valence-electron chi connectivity index (χ1n) is 3.64. The van der Waals surface area contributed by atoms with Crippen molar-refractivity contribution in [3.63, 3.8) is 0 Å². The average molecular weight is 215 g/mol. The van der Waals surface area contributed by atoms with E-state index >= 15 is 0 Å². The second kappa shape index (κ2) is 3.72. The summed E-state index contributed by atoms with van der Waals surface area (Å²) in [6, 6.07) is 1.97. The summed E-state index contributed by atoms with van der Waals surface area (Å²) in [6.07, 6.45) is 3.82. The highest BCUT2D eigenvalue weighted by Gasteiger charge is 1.97. The Balaban J connectivity index is 2.86. The normalized spacial score (nSPS) is 10.0. The molecule has 0 unspecified atom stereocenters. The summed E-state index contributed by atoms with van der Waals surface area (Å²) in [5.41, 5.74) is 7.37. The number of nitrogens with zero attached hydrogens (tertiary/aromatic N) is 1. The van der Waals surface area contributed by atoms with Crippen LogP contribution >= 0.6 is 15.9 Å². The largest absolute Gasteiger partial charge is 0.397 e. The van der Waals surface area contributed by atoms with Crippen LogP contribution in [0.3, 0.4) is 0 Å². The second-order valence-electron chi connectivity index (χ2n) is 2.45. The predicted octanol–water partition coefficient (Wildman–Crippen LogP) is 2.38. The van der Waals surface area contributed by atoms with Gasteiger partial charge in [-0.2, -0.15) is 0 Å². The summed E-state index contributed by atoms with van der Waals surface area (Å²) in [7, 11) is 0. The molecule has 0 amide bonds. The van der Waals surface area contributed by atoms with E-state index in [0.29, 0.717) is 5.69 Å². The van der Waals surface area contributed by atoms with Gasteiger partial charge in [0.2, 0.25) is 0 Å². The number of anilines is 1. The molecule has 0 radical (unpaired) electrons. The predicted molar refractivity (Wildman–Crippen MR) is 50.3 cm³/mol. The van der Waals surface area contributed by atoms with Gasteiger partial charge in [0.25, 0.3) is 0 Å². The highest BCUT2D eigenvalue weighted by Crippen LogP contribution is 2.18. The molecule has 60 valence electrons. The molecule has 0 spiro atoms. The second-order valence-corrected chi connectivity index (χ2v) is 3.30. The highest BCUT2D eigenvalue weighted by molar-refractivity contribution is 9.10. The Morgan fingerprint density at radius 3 is 2.91 bits per heavy atom. The third kappa shape index (κ3) is 2.19. The summed E-state index contributed by atoms with van der Waals surface area (Å²) in [6.45, 7) is 2.13. The fourth-order valence-electron chi connectivity index (χ4n) is 0.874. The molecule has 2 N–H and O–H groups in total. The first-order chi connectivity index (χ1) is 5.24. The maximum absolute atomic E-state index is 5.58. The Morgan fingerprint density at radius 2 is 2.36 bits per heavy atom. The van der Waals surface area contributed by atoms with Crippen LogP contribution in [-0.4, -0.2) is 4.98 Å². The Bertz CT molecular complexity index is 248. The number of pyridine rings is 1. The minimum Gasteiger partial charge on any atom is -0.397 e. The van der Waals surface area contributed by atoms with Gasteiger partial charge in [-0.1, -0.05) is 13.3 Å². The van der Waals surface area contributed by atoms with Crippen molar-refractivity contribution in [1.29, 1.82) is 0 Å². The highest BCUT2D eigenvalue weighted by atomic mass is 79.9. The van der Waals surface area contributed by atoms with E-state index in [0.717, 1.165) is 23.0 Å². The standard InChI is InChI=1S/C8H11BrN2/c1-2-3-6-4-7(9)8(10)5-11-6/h4-5H,2-3,10H2,1H3. The number of rotatable bonds is 2. The Kier molecular flexibility index (Phi) is 2.88. The molecule has 2 nitrogen and oxygen atoms in total. The zero-order valence-electron chi connectivity index (χ0n) is 6.47. The van der Waals surface area contributed by atoms with Crippen molar-refractivity contribution in [1.82, 2.24) is 4.98 Å². The van der Waals surface area contributed by atoms with E-state index in [1.165, 1.54) is 0 Å². The zero-order valence-corrected chi connectivity index (χ0v) is 8.06. The Morgan fingerprint density at radius 1 is 1.64 bits per heavy atom. The Labute approximate surface area is 75.0 Å². The molecule has 1 aromatic rings. The lowest BCUT2D eigenvalue weighted by Gasteiger charge is -2.00. The van der Waals surface area contributed by atoms with E-state index < -0.39 is 0 Å². The van der Waals surface area contributed by atoms with Crippen molar-refractivity contribution < 1.29 is 0 Å². The molecule has 0 aliphatic carbocycles. The van der Waals surface area contributed by atoms with E-state index in [1.807, 2.05) is 6.07 Å². The fraction of sp³-hybridized carbons (Fsp3) is 0.375. The van der Waals surface area contributed by atoms with Crippen molar-refractivity contribution in [2.75, 3.05) is 5.73 Å². The van der Waals surface area contributed by atoms with Crippen molar-refractivity contribution in [2.45, 2.75) is 19.8 Å². The molecule has 0 fully saturated rings. The average Bonchev–Trinajstić information content (AvgIpc) is 1.98. The van der Waals surface area contributed by atoms with Crippen LogP contribution in [0.4, 0.5) is 5.69 Å². The maximum atomic E-state index is 5.58. The van der Waals surface area contributed by atoms with E-state index in [9.17, 15) is 0 Å². The minimum atomic E-state index is 0.699. The van der Waals surface area contributed by atoms with Crippen LogP contribution in [0.25, 0.3) is 0 Å². The fourth-order valence-corrected chi connectivity index (χ4v) is 1.24. The van der Waals surface area contributed by atoms with Crippen LogP contribution < -0.4 is 5.73 Å². The molecule has 1 rings (SSSR count). The molecule has 0 saturated carbocycles. The third-order valence-electron chi connectivity index (χ3n) is 1.44. The lowest BCUT2D eigenvalue weighted by atomic mass is 10.2.